The minimum atomic E-state index is -1.63. The van der Waals surface area contributed by atoms with E-state index in [9.17, 15) is 40.8 Å². The van der Waals surface area contributed by atoms with Crippen molar-refractivity contribution >= 4 is 5.69 Å². The van der Waals surface area contributed by atoms with Crippen LogP contribution in [-0.4, -0.2) is 172 Å². The summed E-state index contributed by atoms with van der Waals surface area (Å²) < 4.78 is 47.3. The molecular formula is C30H48N6O16. The van der Waals surface area contributed by atoms with Gasteiger partial charge in [0.1, 0.15) is 67.1 Å². The molecule has 5 aliphatic rings. The Morgan fingerprint density at radius 3 is 2.00 bits per heavy atom. The molecule has 22 heteroatoms. The smallest absolute Gasteiger partial charge is 0.269 e. The molecule has 20 atom stereocenters. The zero-order chi connectivity index (χ0) is 37.6. The highest BCUT2D eigenvalue weighted by atomic mass is 16.8. The minimum Gasteiger partial charge on any atom is -0.394 e. The molecule has 0 bridgehead atoms. The lowest BCUT2D eigenvalue weighted by Gasteiger charge is -2.49. The highest BCUT2D eigenvalue weighted by molar-refractivity contribution is 5.33. The van der Waals surface area contributed by atoms with Crippen LogP contribution in [0.15, 0.2) is 24.3 Å². The molecule has 0 spiro atoms. The summed E-state index contributed by atoms with van der Waals surface area (Å²) >= 11 is 0. The third kappa shape index (κ3) is 7.70. The normalized spacial score (nSPS) is 48.3. The van der Waals surface area contributed by atoms with Gasteiger partial charge in [-0.2, -0.15) is 0 Å². The Morgan fingerprint density at radius 2 is 1.35 bits per heavy atom. The van der Waals surface area contributed by atoms with Crippen molar-refractivity contribution in [3.63, 3.8) is 0 Å². The zero-order valence-corrected chi connectivity index (χ0v) is 27.8. The van der Waals surface area contributed by atoms with Gasteiger partial charge in [0.15, 0.2) is 25.2 Å². The van der Waals surface area contributed by atoms with Crippen molar-refractivity contribution in [2.75, 3.05) is 19.8 Å². The molecule has 0 aromatic heterocycles. The summed E-state index contributed by atoms with van der Waals surface area (Å²) in [6, 6.07) is 1.28. The summed E-state index contributed by atoms with van der Waals surface area (Å²) in [5.74, 6) is 0. The molecule has 1 saturated carbocycles. The topological polar surface area (TPSA) is 368 Å². The zero-order valence-electron chi connectivity index (χ0n) is 27.8. The van der Waals surface area contributed by atoms with E-state index in [-0.39, 0.29) is 25.3 Å². The van der Waals surface area contributed by atoms with Crippen molar-refractivity contribution in [2.24, 2.45) is 28.7 Å². The van der Waals surface area contributed by atoms with Crippen molar-refractivity contribution in [3.8, 4) is 0 Å². The molecule has 5 fully saturated rings. The molecular weight excluding hydrogens is 700 g/mol. The van der Waals surface area contributed by atoms with E-state index < -0.39 is 134 Å². The van der Waals surface area contributed by atoms with Gasteiger partial charge in [0, 0.05) is 36.3 Å². The van der Waals surface area contributed by atoms with Crippen molar-refractivity contribution < 1.29 is 73.5 Å². The number of nitrogens with two attached hydrogens (primary N) is 5. The lowest BCUT2D eigenvalue weighted by atomic mass is 9.84. The Labute approximate surface area is 296 Å². The van der Waals surface area contributed by atoms with E-state index in [1.807, 2.05) is 0 Å². The van der Waals surface area contributed by atoms with E-state index in [1.54, 1.807) is 0 Å². The van der Waals surface area contributed by atoms with Gasteiger partial charge in [-0.1, -0.05) is 0 Å². The predicted molar refractivity (Wildman–Crippen MR) is 170 cm³/mol. The Morgan fingerprint density at radius 1 is 0.731 bits per heavy atom. The molecule has 1 aliphatic carbocycles. The maximum Gasteiger partial charge on any atom is 0.269 e. The first-order valence-corrected chi connectivity index (χ1v) is 16.9. The number of aliphatic hydroxyl groups is 6. The van der Waals surface area contributed by atoms with Crippen LogP contribution in [0.25, 0.3) is 0 Å². The number of fused-ring (bicyclic) bond motifs is 1. The third-order valence-electron chi connectivity index (χ3n) is 10.2. The van der Waals surface area contributed by atoms with Crippen LogP contribution in [-0.2, 0) is 37.9 Å². The summed E-state index contributed by atoms with van der Waals surface area (Å²) in [6.07, 6.45) is -20.5. The number of aliphatic hydroxyl groups excluding tert-OH is 6. The van der Waals surface area contributed by atoms with Gasteiger partial charge in [0.2, 0.25) is 0 Å². The predicted octanol–water partition coefficient (Wildman–Crippen LogP) is -6.19. The quantitative estimate of drug-likeness (QED) is 0.0783. The maximum atomic E-state index is 11.3. The summed E-state index contributed by atoms with van der Waals surface area (Å²) in [5.41, 5.74) is 31.0. The van der Waals surface area contributed by atoms with Gasteiger partial charge in [-0.15, -0.1) is 0 Å². The summed E-state index contributed by atoms with van der Waals surface area (Å²) in [7, 11) is 0. The Balaban J connectivity index is 1.13. The van der Waals surface area contributed by atoms with Crippen LogP contribution in [0.4, 0.5) is 5.69 Å². The second-order valence-corrected chi connectivity index (χ2v) is 13.6. The van der Waals surface area contributed by atoms with Gasteiger partial charge in [-0.25, -0.2) is 0 Å². The number of benzene rings is 1. The molecule has 4 saturated heterocycles. The number of nitro benzene ring substituents is 1. The van der Waals surface area contributed by atoms with Gasteiger partial charge in [0.05, 0.1) is 36.3 Å². The molecule has 294 valence electrons. The molecule has 4 aliphatic heterocycles. The first-order chi connectivity index (χ1) is 24.7. The number of nitro groups is 1. The average molecular weight is 749 g/mol. The van der Waals surface area contributed by atoms with Crippen molar-refractivity contribution in [3.05, 3.63) is 39.9 Å². The van der Waals surface area contributed by atoms with Gasteiger partial charge in [-0.05, 0) is 18.6 Å². The molecule has 0 radical (unpaired) electrons. The first kappa shape index (κ1) is 39.6. The number of rotatable bonds is 10. The SMILES string of the molecule is NCC1O[C@H](O[C@H]2[C@@H](O)[C@H](O[C@@H]3[C@@H](O)[C@H](N)C[C@H](N)[C@@H]3O[C@H]3O[C@@H]4COC(c5ccc([N+](=O)[O-])cc5)O[C@H]4[C@H](O)[C@H]3N)O[C@@H]2CO)[C@H](N)[C@@H](O)[C@@H]1O. The van der Waals surface area contributed by atoms with Gasteiger partial charge in [-0.3, -0.25) is 10.1 Å². The number of nitrogens with zero attached hydrogens (tertiary/aromatic N) is 1. The third-order valence-corrected chi connectivity index (χ3v) is 10.2. The molecule has 52 heavy (non-hydrogen) atoms. The second-order valence-electron chi connectivity index (χ2n) is 13.6. The lowest BCUT2D eigenvalue weighted by molar-refractivity contribution is -0.385. The largest absolute Gasteiger partial charge is 0.394 e. The number of non-ortho nitro benzene ring substituents is 1. The van der Waals surface area contributed by atoms with E-state index >= 15 is 0 Å². The molecule has 6 rings (SSSR count). The van der Waals surface area contributed by atoms with Crippen LogP contribution >= 0.6 is 0 Å². The van der Waals surface area contributed by atoms with E-state index in [2.05, 4.69) is 0 Å². The Hall–Kier alpha value is -2.14. The van der Waals surface area contributed by atoms with Crippen LogP contribution in [0.3, 0.4) is 0 Å². The van der Waals surface area contributed by atoms with E-state index in [0.717, 1.165) is 0 Å². The second kappa shape index (κ2) is 16.3. The van der Waals surface area contributed by atoms with Crippen LogP contribution in [0.2, 0.25) is 0 Å². The first-order valence-electron chi connectivity index (χ1n) is 16.9. The standard InChI is InChI=1S/C30H48N6O16/c31-6-13-19(39)20(40)16(34)28(46-13)51-24-14(7-37)47-30(22(24)42)52-26-18(38)11(32)5-12(33)23(26)49-29-17(35)21(41)25-15(48-29)8-45-27(50-25)9-1-3-10(4-2-9)36(43)44/h1-4,11-30,37-42H,5-8,31-35H2/t11-,12+,13?,14-,15-,16-,17-,18+,19-,20-,21-,22-,23+,24-,25-,26-,27?,28-,29-,30+/m1/s1. The van der Waals surface area contributed by atoms with E-state index in [4.69, 9.17) is 66.6 Å². The highest BCUT2D eigenvalue weighted by Gasteiger charge is 2.55. The summed E-state index contributed by atoms with van der Waals surface area (Å²) in [4.78, 5) is 10.5. The lowest BCUT2D eigenvalue weighted by Crippen LogP contribution is -2.69. The van der Waals surface area contributed by atoms with Crippen molar-refractivity contribution in [1.29, 1.82) is 0 Å². The maximum absolute atomic E-state index is 11.3. The molecule has 16 N–H and O–H groups in total. The van der Waals surface area contributed by atoms with Gasteiger partial charge in [0.25, 0.3) is 5.69 Å². The molecule has 0 amide bonds. The van der Waals surface area contributed by atoms with Crippen LogP contribution in [0, 0.1) is 10.1 Å². The van der Waals surface area contributed by atoms with Crippen LogP contribution < -0.4 is 28.7 Å². The fraction of sp³-hybridized carbons (Fsp3) is 0.800. The van der Waals surface area contributed by atoms with E-state index in [1.165, 1.54) is 24.3 Å². The number of hydrogen-bond donors (Lipinski definition) is 11. The van der Waals surface area contributed by atoms with Crippen LogP contribution in [0.1, 0.15) is 18.3 Å². The number of hydrogen-bond acceptors (Lipinski definition) is 21. The molecule has 1 aromatic carbocycles. The molecule has 2 unspecified atom stereocenters. The fourth-order valence-electron chi connectivity index (χ4n) is 7.13. The fourth-order valence-corrected chi connectivity index (χ4v) is 7.13. The van der Waals surface area contributed by atoms with E-state index in [0.29, 0.717) is 5.56 Å². The number of ether oxygens (including phenoxy) is 8. The molecule has 1 aromatic rings. The molecule has 22 nitrogen and oxygen atoms in total. The highest BCUT2D eigenvalue weighted by Crippen LogP contribution is 2.37. The Bertz CT molecular complexity index is 1350. The minimum absolute atomic E-state index is 0.0673. The van der Waals surface area contributed by atoms with Crippen LogP contribution in [0.5, 0.6) is 0 Å². The Kier molecular flexibility index (Phi) is 12.4. The van der Waals surface area contributed by atoms with Gasteiger partial charge < -0.3 is 97.2 Å². The monoisotopic (exact) mass is 748 g/mol. The van der Waals surface area contributed by atoms with Crippen molar-refractivity contribution in [2.45, 2.75) is 129 Å². The summed E-state index contributed by atoms with van der Waals surface area (Å²) in [6.45, 7) is -0.926. The van der Waals surface area contributed by atoms with Gasteiger partial charge >= 0.3 is 0 Å². The summed E-state index contributed by atoms with van der Waals surface area (Å²) in [5, 5.41) is 75.3. The average Bonchev–Trinajstić information content (AvgIpc) is 3.43. The molecule has 4 heterocycles. The van der Waals surface area contributed by atoms with Crippen molar-refractivity contribution in [1.82, 2.24) is 0 Å².